The van der Waals surface area contributed by atoms with Gasteiger partial charge < -0.3 is 10.1 Å². The molecule has 0 saturated heterocycles. The third-order valence-corrected chi connectivity index (χ3v) is 4.38. The average molecular weight is 441 g/mol. The van der Waals surface area contributed by atoms with Crippen molar-refractivity contribution >= 4 is 28.9 Å². The van der Waals surface area contributed by atoms with E-state index in [0.717, 1.165) is 0 Å². The monoisotopic (exact) mass is 440 g/mol. The van der Waals surface area contributed by atoms with Crippen LogP contribution in [0.1, 0.15) is 21.9 Å². The van der Waals surface area contributed by atoms with E-state index in [1.807, 2.05) is 0 Å². The quantitative estimate of drug-likeness (QED) is 0.443. The van der Waals surface area contributed by atoms with Crippen LogP contribution < -0.4 is 10.1 Å². The van der Waals surface area contributed by atoms with E-state index in [2.05, 4.69) is 20.3 Å². The Morgan fingerprint density at radius 3 is 2.67 bits per heavy atom. The first-order chi connectivity index (χ1) is 14.2. The Kier molecular flexibility index (Phi) is 5.96. The molecule has 1 N–H and O–H groups in total. The number of halogens is 3. The number of hydrogen-bond donors (Lipinski definition) is 1. The second kappa shape index (κ2) is 8.45. The lowest BCUT2D eigenvalue weighted by molar-refractivity contribution is -0.386. The largest absolute Gasteiger partial charge is 0.433 e. The highest BCUT2D eigenvalue weighted by molar-refractivity contribution is 6.32. The first-order valence-corrected chi connectivity index (χ1v) is 8.81. The summed E-state index contributed by atoms with van der Waals surface area (Å²) in [5, 5.41) is 21.8. The zero-order valence-corrected chi connectivity index (χ0v) is 16.4. The molecule has 0 bridgehead atoms. The van der Waals surface area contributed by atoms with Crippen molar-refractivity contribution in [2.45, 2.75) is 27.1 Å². The molecule has 3 rings (SSSR count). The van der Waals surface area contributed by atoms with E-state index in [1.165, 1.54) is 46.7 Å². The molecule has 0 radical (unpaired) electrons. The highest BCUT2D eigenvalue weighted by atomic mass is 35.5. The number of benzene rings is 1. The summed E-state index contributed by atoms with van der Waals surface area (Å²) in [5.41, 5.74) is 0.889. The molecule has 1 amide bonds. The third-order valence-electron chi connectivity index (χ3n) is 4.08. The molecule has 2 aromatic heterocycles. The molecule has 1 aromatic carbocycles. The van der Waals surface area contributed by atoms with E-state index in [-0.39, 0.29) is 40.2 Å². The van der Waals surface area contributed by atoms with Crippen molar-refractivity contribution in [3.05, 3.63) is 62.7 Å². The number of amides is 1. The van der Waals surface area contributed by atoms with Gasteiger partial charge in [-0.25, -0.2) is 4.68 Å². The first kappa shape index (κ1) is 21.2. The van der Waals surface area contributed by atoms with Gasteiger partial charge in [0.1, 0.15) is 23.8 Å². The Bertz CT molecular complexity index is 1110. The minimum atomic E-state index is -3.02. The van der Waals surface area contributed by atoms with Crippen LogP contribution in [0.15, 0.2) is 30.5 Å². The second-order valence-corrected chi connectivity index (χ2v) is 6.54. The standard InChI is InChI=1S/C17H15ClF2N6O4/c1-9-15(26(28)29)10(2)25(22-9)8-24-6-5-13(23-24)16(27)21-11-3-4-14(12(18)7-11)30-17(19)20/h3-7,17H,8H2,1-2H3,(H,21,27). The molecule has 158 valence electrons. The highest BCUT2D eigenvalue weighted by Crippen LogP contribution is 2.29. The van der Waals surface area contributed by atoms with E-state index in [9.17, 15) is 23.7 Å². The number of carbonyl (C=O) groups excluding carboxylic acids is 1. The molecule has 0 fully saturated rings. The number of nitro groups is 1. The van der Waals surface area contributed by atoms with Crippen LogP contribution in [0.3, 0.4) is 0 Å². The summed E-state index contributed by atoms with van der Waals surface area (Å²) in [4.78, 5) is 23.0. The fraction of sp³-hybridized carbons (Fsp3) is 0.235. The number of nitrogens with zero attached hydrogens (tertiary/aromatic N) is 5. The molecule has 10 nitrogen and oxygen atoms in total. The molecule has 30 heavy (non-hydrogen) atoms. The second-order valence-electron chi connectivity index (χ2n) is 6.14. The van der Waals surface area contributed by atoms with Crippen LogP contribution in [0.4, 0.5) is 20.2 Å². The van der Waals surface area contributed by atoms with Gasteiger partial charge in [-0.15, -0.1) is 0 Å². The Balaban J connectivity index is 1.71. The number of carbonyl (C=O) groups is 1. The summed E-state index contributed by atoms with van der Waals surface area (Å²) in [6, 6.07) is 5.28. The Labute approximate surface area is 173 Å². The van der Waals surface area contributed by atoms with Gasteiger partial charge in [0.25, 0.3) is 5.91 Å². The van der Waals surface area contributed by atoms with Crippen molar-refractivity contribution in [2.24, 2.45) is 0 Å². The van der Waals surface area contributed by atoms with Crippen LogP contribution >= 0.6 is 11.6 Å². The van der Waals surface area contributed by atoms with Crippen LogP contribution in [-0.4, -0.2) is 37.0 Å². The van der Waals surface area contributed by atoms with Crippen molar-refractivity contribution in [1.29, 1.82) is 0 Å². The van der Waals surface area contributed by atoms with E-state index in [1.54, 1.807) is 6.92 Å². The van der Waals surface area contributed by atoms with Gasteiger partial charge in [-0.3, -0.25) is 19.6 Å². The minimum Gasteiger partial charge on any atom is -0.433 e. The molecule has 0 spiro atoms. The molecule has 0 aliphatic rings. The van der Waals surface area contributed by atoms with E-state index < -0.39 is 17.4 Å². The zero-order chi connectivity index (χ0) is 22.0. The smallest absolute Gasteiger partial charge is 0.387 e. The summed E-state index contributed by atoms with van der Waals surface area (Å²) in [6.45, 7) is 0.155. The maximum absolute atomic E-state index is 12.4. The molecule has 0 aliphatic heterocycles. The summed E-state index contributed by atoms with van der Waals surface area (Å²) in [5.74, 6) is -0.778. The molecule has 0 aliphatic carbocycles. The van der Waals surface area contributed by atoms with Gasteiger partial charge in [0.2, 0.25) is 0 Å². The lowest BCUT2D eigenvalue weighted by atomic mass is 10.3. The fourth-order valence-electron chi connectivity index (χ4n) is 2.75. The van der Waals surface area contributed by atoms with Gasteiger partial charge in [0.15, 0.2) is 5.69 Å². The summed E-state index contributed by atoms with van der Waals surface area (Å²) >= 11 is 5.86. The van der Waals surface area contributed by atoms with Crippen molar-refractivity contribution in [3.63, 3.8) is 0 Å². The van der Waals surface area contributed by atoms with Gasteiger partial charge in [-0.05, 0) is 38.1 Å². The van der Waals surface area contributed by atoms with Gasteiger partial charge in [0.05, 0.1) is 9.95 Å². The molecular weight excluding hydrogens is 426 g/mol. The molecule has 2 heterocycles. The number of alkyl halides is 2. The molecule has 13 heteroatoms. The van der Waals surface area contributed by atoms with E-state index in [4.69, 9.17) is 11.6 Å². The molecule has 3 aromatic rings. The number of rotatable bonds is 7. The number of ether oxygens (including phenoxy) is 1. The van der Waals surface area contributed by atoms with Crippen LogP contribution in [0, 0.1) is 24.0 Å². The lowest BCUT2D eigenvalue weighted by Crippen LogP contribution is -2.16. The molecule has 0 saturated carbocycles. The predicted molar refractivity (Wildman–Crippen MR) is 102 cm³/mol. The summed E-state index contributed by atoms with van der Waals surface area (Å²) in [6.07, 6.45) is 1.52. The Morgan fingerprint density at radius 1 is 1.33 bits per heavy atom. The summed E-state index contributed by atoms with van der Waals surface area (Å²) < 4.78 is 31.6. The van der Waals surface area contributed by atoms with Crippen LogP contribution in [0.25, 0.3) is 0 Å². The normalized spacial score (nSPS) is 11.0. The first-order valence-electron chi connectivity index (χ1n) is 8.43. The maximum atomic E-state index is 12.4. The van der Waals surface area contributed by atoms with Crippen LogP contribution in [-0.2, 0) is 6.67 Å². The van der Waals surface area contributed by atoms with Gasteiger partial charge >= 0.3 is 12.3 Å². The number of hydrogen-bond acceptors (Lipinski definition) is 6. The average Bonchev–Trinajstić information content (AvgIpc) is 3.22. The number of anilines is 1. The molecule has 0 atom stereocenters. The Morgan fingerprint density at radius 2 is 2.07 bits per heavy atom. The zero-order valence-electron chi connectivity index (χ0n) is 15.7. The maximum Gasteiger partial charge on any atom is 0.387 e. The van der Waals surface area contributed by atoms with Crippen LogP contribution in [0.5, 0.6) is 5.75 Å². The van der Waals surface area contributed by atoms with Crippen molar-refractivity contribution in [2.75, 3.05) is 5.32 Å². The van der Waals surface area contributed by atoms with E-state index in [0.29, 0.717) is 5.69 Å². The minimum absolute atomic E-state index is 0.0649. The SMILES string of the molecule is Cc1nn(Cn2ccc(C(=O)Nc3ccc(OC(F)F)c(Cl)c3)n2)c(C)c1[N+](=O)[O-]. The van der Waals surface area contributed by atoms with Gasteiger partial charge in [-0.1, -0.05) is 11.6 Å². The topological polar surface area (TPSA) is 117 Å². The Hall–Kier alpha value is -3.54. The number of aromatic nitrogens is 4. The third kappa shape index (κ3) is 4.54. The highest BCUT2D eigenvalue weighted by Gasteiger charge is 2.22. The lowest BCUT2D eigenvalue weighted by Gasteiger charge is -2.09. The fourth-order valence-corrected chi connectivity index (χ4v) is 2.98. The molecular formula is C17H15ClF2N6O4. The van der Waals surface area contributed by atoms with Crippen molar-refractivity contribution < 1.29 is 23.2 Å². The number of aryl methyl sites for hydroxylation is 1. The number of nitrogens with one attached hydrogen (secondary N) is 1. The summed E-state index contributed by atoms with van der Waals surface area (Å²) in [7, 11) is 0. The van der Waals surface area contributed by atoms with Crippen molar-refractivity contribution in [3.8, 4) is 5.75 Å². The predicted octanol–water partition coefficient (Wildman–Crippen LogP) is 3.62. The van der Waals surface area contributed by atoms with E-state index >= 15 is 0 Å². The van der Waals surface area contributed by atoms with Crippen LogP contribution in [0.2, 0.25) is 5.02 Å². The molecule has 0 unspecified atom stereocenters. The van der Waals surface area contributed by atoms with Crippen molar-refractivity contribution in [1.82, 2.24) is 19.6 Å². The van der Waals surface area contributed by atoms with Gasteiger partial charge in [0, 0.05) is 11.9 Å². The van der Waals surface area contributed by atoms with Gasteiger partial charge in [-0.2, -0.15) is 19.0 Å².